The maximum atomic E-state index is 14.0. The van der Waals surface area contributed by atoms with E-state index < -0.39 is 17.8 Å². The summed E-state index contributed by atoms with van der Waals surface area (Å²) in [6.45, 7) is 2.40. The first-order valence-electron chi connectivity index (χ1n) is 10.4. The van der Waals surface area contributed by atoms with Crippen molar-refractivity contribution in [2.45, 2.75) is 38.4 Å². The summed E-state index contributed by atoms with van der Waals surface area (Å²) in [6.07, 6.45) is -2.15. The summed E-state index contributed by atoms with van der Waals surface area (Å²) in [5.74, 6) is 0.252. The number of amides is 1. The first kappa shape index (κ1) is 23.2. The van der Waals surface area contributed by atoms with Crippen molar-refractivity contribution in [3.63, 3.8) is 0 Å². The summed E-state index contributed by atoms with van der Waals surface area (Å²) < 4.78 is 52.9. The lowest BCUT2D eigenvalue weighted by Crippen LogP contribution is -2.42. The number of hydrogen-bond acceptors (Lipinski definition) is 5. The Labute approximate surface area is 193 Å². The molecule has 3 heterocycles. The van der Waals surface area contributed by atoms with Crippen molar-refractivity contribution in [2.24, 2.45) is 0 Å². The smallest absolute Gasteiger partial charge is 0.433 e. The molecule has 1 aromatic carbocycles. The minimum atomic E-state index is -4.76. The molecule has 1 saturated heterocycles. The van der Waals surface area contributed by atoms with E-state index in [2.05, 4.69) is 10.1 Å². The standard InChI is InChI=1S/C22H22ClF3N4O3/c1-12-6-4-5-9-29(12)21(31)19-18(23)20-27-14(11-17(22(24,25)26)30(20)28-19)13-7-8-15(32-2)16(10-13)33-3/h7-8,10-12H,4-6,9H2,1-3H3/t12-/m1/s1. The Morgan fingerprint density at radius 1 is 1.15 bits per heavy atom. The van der Waals surface area contributed by atoms with Gasteiger partial charge in [-0.05, 0) is 50.5 Å². The van der Waals surface area contributed by atoms with E-state index in [4.69, 9.17) is 21.1 Å². The number of likely N-dealkylation sites (tertiary alicyclic amines) is 1. The fourth-order valence-electron chi connectivity index (χ4n) is 4.01. The minimum absolute atomic E-state index is 0.00270. The maximum absolute atomic E-state index is 14.0. The van der Waals surface area contributed by atoms with Gasteiger partial charge in [0.15, 0.2) is 28.5 Å². The Kier molecular flexibility index (Phi) is 6.13. The highest BCUT2D eigenvalue weighted by atomic mass is 35.5. The van der Waals surface area contributed by atoms with Crippen molar-refractivity contribution < 1.29 is 27.4 Å². The largest absolute Gasteiger partial charge is 0.493 e. The third-order valence-electron chi connectivity index (χ3n) is 5.77. The topological polar surface area (TPSA) is 69.0 Å². The summed E-state index contributed by atoms with van der Waals surface area (Å²) in [6, 6.07) is 5.47. The van der Waals surface area contributed by atoms with E-state index in [0.717, 1.165) is 25.3 Å². The van der Waals surface area contributed by atoms with Crippen LogP contribution in [0.2, 0.25) is 5.02 Å². The Bertz CT molecular complexity index is 1210. The number of rotatable bonds is 4. The van der Waals surface area contributed by atoms with Gasteiger partial charge in [-0.3, -0.25) is 4.79 Å². The maximum Gasteiger partial charge on any atom is 0.433 e. The molecule has 7 nitrogen and oxygen atoms in total. The summed E-state index contributed by atoms with van der Waals surface area (Å²) in [4.78, 5) is 19.0. The molecule has 0 N–H and O–H groups in total. The number of halogens is 4. The second kappa shape index (κ2) is 8.74. The van der Waals surface area contributed by atoms with E-state index in [1.807, 2.05) is 6.92 Å². The van der Waals surface area contributed by atoms with E-state index >= 15 is 0 Å². The highest BCUT2D eigenvalue weighted by Gasteiger charge is 2.37. The predicted molar refractivity (Wildman–Crippen MR) is 116 cm³/mol. The van der Waals surface area contributed by atoms with Crippen LogP contribution in [-0.4, -0.2) is 52.2 Å². The van der Waals surface area contributed by atoms with Gasteiger partial charge in [-0.15, -0.1) is 0 Å². The van der Waals surface area contributed by atoms with Gasteiger partial charge in [0.1, 0.15) is 5.02 Å². The molecule has 3 aromatic rings. The molecule has 2 aromatic heterocycles. The lowest BCUT2D eigenvalue weighted by molar-refractivity contribution is -0.142. The summed E-state index contributed by atoms with van der Waals surface area (Å²) in [5, 5.41) is 3.73. The molecule has 1 amide bonds. The van der Waals surface area contributed by atoms with E-state index in [9.17, 15) is 18.0 Å². The van der Waals surface area contributed by atoms with Crippen LogP contribution >= 0.6 is 11.6 Å². The van der Waals surface area contributed by atoms with Crippen LogP contribution in [0, 0.1) is 0 Å². The summed E-state index contributed by atoms with van der Waals surface area (Å²) in [5.41, 5.74) is -1.22. The number of ether oxygens (including phenoxy) is 2. The zero-order chi connectivity index (χ0) is 23.9. The monoisotopic (exact) mass is 482 g/mol. The van der Waals surface area contributed by atoms with Gasteiger partial charge < -0.3 is 14.4 Å². The Morgan fingerprint density at radius 3 is 2.52 bits per heavy atom. The lowest BCUT2D eigenvalue weighted by Gasteiger charge is -2.32. The molecular formula is C22H22ClF3N4O3. The highest BCUT2D eigenvalue weighted by Crippen LogP contribution is 2.37. The van der Waals surface area contributed by atoms with Crippen LogP contribution in [0.15, 0.2) is 24.3 Å². The molecule has 1 atom stereocenters. The number of methoxy groups -OCH3 is 2. The first-order chi connectivity index (χ1) is 15.7. The molecule has 0 bridgehead atoms. The molecule has 0 aliphatic carbocycles. The van der Waals surface area contributed by atoms with Crippen LogP contribution in [0.3, 0.4) is 0 Å². The third kappa shape index (κ3) is 4.19. The van der Waals surface area contributed by atoms with Gasteiger partial charge in [0, 0.05) is 18.2 Å². The Hall–Kier alpha value is -3.01. The molecule has 0 unspecified atom stereocenters. The number of benzene rings is 1. The molecule has 0 spiro atoms. The number of piperidine rings is 1. The summed E-state index contributed by atoms with van der Waals surface area (Å²) in [7, 11) is 2.88. The van der Waals surface area contributed by atoms with Gasteiger partial charge in [-0.1, -0.05) is 11.6 Å². The van der Waals surface area contributed by atoms with Gasteiger partial charge in [0.05, 0.1) is 19.9 Å². The first-order valence-corrected chi connectivity index (χ1v) is 10.7. The van der Waals surface area contributed by atoms with Gasteiger partial charge in [0.2, 0.25) is 0 Å². The van der Waals surface area contributed by atoms with Gasteiger partial charge in [-0.25, -0.2) is 9.50 Å². The second-order valence-corrected chi connectivity index (χ2v) is 8.21. The Balaban J connectivity index is 1.88. The molecular weight excluding hydrogens is 461 g/mol. The number of hydrogen-bond donors (Lipinski definition) is 0. The van der Waals surface area contributed by atoms with Crippen LogP contribution in [0.5, 0.6) is 11.5 Å². The van der Waals surface area contributed by atoms with Crippen molar-refractivity contribution in [1.29, 1.82) is 0 Å². The third-order valence-corrected chi connectivity index (χ3v) is 6.12. The SMILES string of the molecule is COc1ccc(-c2cc(C(F)(F)F)n3nc(C(=O)N4CCCC[C@H]4C)c(Cl)c3n2)cc1OC. The number of fused-ring (bicyclic) bond motifs is 1. The van der Waals surface area contributed by atoms with Crippen molar-refractivity contribution in [3.05, 3.63) is 40.7 Å². The van der Waals surface area contributed by atoms with E-state index in [-0.39, 0.29) is 28.1 Å². The minimum Gasteiger partial charge on any atom is -0.493 e. The normalized spacial score (nSPS) is 16.8. The van der Waals surface area contributed by atoms with Crippen LogP contribution in [0.4, 0.5) is 13.2 Å². The predicted octanol–water partition coefficient (Wildman–Crippen LogP) is 5.10. The Morgan fingerprint density at radius 2 is 1.88 bits per heavy atom. The van der Waals surface area contributed by atoms with Crippen LogP contribution in [-0.2, 0) is 6.18 Å². The van der Waals surface area contributed by atoms with Crippen molar-refractivity contribution in [1.82, 2.24) is 19.5 Å². The highest BCUT2D eigenvalue weighted by molar-refractivity contribution is 6.36. The van der Waals surface area contributed by atoms with E-state index in [0.29, 0.717) is 28.1 Å². The van der Waals surface area contributed by atoms with Gasteiger partial charge in [-0.2, -0.15) is 18.3 Å². The number of alkyl halides is 3. The molecule has 0 radical (unpaired) electrons. The average Bonchev–Trinajstić information content (AvgIpc) is 3.13. The lowest BCUT2D eigenvalue weighted by atomic mass is 10.0. The number of carbonyl (C=O) groups excluding carboxylic acids is 1. The molecule has 11 heteroatoms. The van der Waals surface area contributed by atoms with E-state index in [1.165, 1.54) is 20.3 Å². The zero-order valence-electron chi connectivity index (χ0n) is 18.2. The van der Waals surface area contributed by atoms with Crippen LogP contribution < -0.4 is 9.47 Å². The molecule has 1 aliphatic rings. The molecule has 0 saturated carbocycles. The molecule has 1 aliphatic heterocycles. The second-order valence-electron chi connectivity index (χ2n) is 7.84. The van der Waals surface area contributed by atoms with Crippen molar-refractivity contribution in [2.75, 3.05) is 20.8 Å². The number of aromatic nitrogens is 3. The molecule has 1 fully saturated rings. The zero-order valence-corrected chi connectivity index (χ0v) is 19.0. The molecule has 176 valence electrons. The van der Waals surface area contributed by atoms with Gasteiger partial charge >= 0.3 is 6.18 Å². The fraction of sp³-hybridized carbons (Fsp3) is 0.409. The molecule has 4 rings (SSSR count). The average molecular weight is 483 g/mol. The van der Waals surface area contributed by atoms with Crippen LogP contribution in [0.25, 0.3) is 16.9 Å². The van der Waals surface area contributed by atoms with Crippen molar-refractivity contribution >= 4 is 23.2 Å². The quantitative estimate of drug-likeness (QED) is 0.517. The van der Waals surface area contributed by atoms with Crippen molar-refractivity contribution in [3.8, 4) is 22.8 Å². The number of carbonyl (C=O) groups is 1. The molecule has 33 heavy (non-hydrogen) atoms. The summed E-state index contributed by atoms with van der Waals surface area (Å²) >= 11 is 6.40. The van der Waals surface area contributed by atoms with Gasteiger partial charge in [0.25, 0.3) is 5.91 Å². The fourth-order valence-corrected chi connectivity index (χ4v) is 4.25. The number of nitrogens with zero attached hydrogens (tertiary/aromatic N) is 4. The van der Waals surface area contributed by atoms with Crippen LogP contribution in [0.1, 0.15) is 42.4 Å². The van der Waals surface area contributed by atoms with E-state index in [1.54, 1.807) is 17.0 Å².